The predicted molar refractivity (Wildman–Crippen MR) is 279 cm³/mol. The Morgan fingerprint density at radius 1 is 0.231 bits per heavy atom. The molecule has 3 aliphatic rings. The lowest BCUT2D eigenvalue weighted by molar-refractivity contribution is 0.753. The first kappa shape index (κ1) is 40.7. The number of hydrogen-bond donors (Lipinski definition) is 0. The Hall–Kier alpha value is -7.05. The molecule has 0 N–H and O–H groups in total. The van der Waals surface area contributed by atoms with E-state index in [4.69, 9.17) is 0 Å². The third kappa shape index (κ3) is 8.42. The Morgan fingerprint density at radius 3 is 0.677 bits per heavy atom. The molecule has 0 spiro atoms. The third-order valence-corrected chi connectivity index (χ3v) is 18.0. The van der Waals surface area contributed by atoms with Crippen LogP contribution in [0.5, 0.6) is 0 Å². The molecule has 0 heterocycles. The molecule has 0 aromatic heterocycles. The molecule has 0 saturated carbocycles. The second kappa shape index (κ2) is 18.6. The number of rotatable bonds is 6. The highest BCUT2D eigenvalue weighted by atomic mass is 31.1. The van der Waals surface area contributed by atoms with Gasteiger partial charge in [0.05, 0.1) is 0 Å². The molecule has 12 rings (SSSR count). The van der Waals surface area contributed by atoms with E-state index >= 15 is 0 Å². The first-order chi connectivity index (χ1) is 32.2. The van der Waals surface area contributed by atoms with Gasteiger partial charge >= 0.3 is 0 Å². The van der Waals surface area contributed by atoms with Crippen molar-refractivity contribution in [2.75, 3.05) is 0 Å². The van der Waals surface area contributed by atoms with Crippen LogP contribution in [0.15, 0.2) is 237 Å². The maximum absolute atomic E-state index is 3.76. The standard InChI is InChI=1S/C62H41P3/c1-7-19-49(20-8-1)63(50-21-9-2-10-22-50)40-37-46-33-36-57-58(43-46)61-55-34-31-47(38-41-64(51-23-11-3-12-24-51)52-25-13-4-14-26-52)44-59(55)62(57)60-45-48(32-35-56(60)61)39-42-65(53-27-15-5-16-28-53)54-29-17-6-18-30-54/h1-36,43-45,61-62H. The number of hydrogen-bond acceptors (Lipinski definition) is 0. The monoisotopic (exact) mass is 878 g/mol. The van der Waals surface area contributed by atoms with E-state index in [9.17, 15) is 0 Å². The van der Waals surface area contributed by atoms with Crippen molar-refractivity contribution in [3.63, 3.8) is 0 Å². The molecule has 0 unspecified atom stereocenters. The van der Waals surface area contributed by atoms with Crippen LogP contribution in [0.25, 0.3) is 0 Å². The van der Waals surface area contributed by atoms with Crippen LogP contribution in [-0.4, -0.2) is 0 Å². The van der Waals surface area contributed by atoms with Gasteiger partial charge in [-0.3, -0.25) is 0 Å². The van der Waals surface area contributed by atoms with Crippen molar-refractivity contribution in [2.45, 2.75) is 11.8 Å². The van der Waals surface area contributed by atoms with E-state index in [0.29, 0.717) is 0 Å². The highest BCUT2D eigenvalue weighted by Gasteiger charge is 2.41. The van der Waals surface area contributed by atoms with Crippen LogP contribution < -0.4 is 31.8 Å². The minimum Gasteiger partial charge on any atom is -0.0622 e. The van der Waals surface area contributed by atoms with Gasteiger partial charge in [0.2, 0.25) is 0 Å². The molecule has 9 aromatic carbocycles. The largest absolute Gasteiger partial charge is 0.0622 e. The summed E-state index contributed by atoms with van der Waals surface area (Å²) >= 11 is 0. The Labute approximate surface area is 386 Å². The molecule has 0 radical (unpaired) electrons. The second-order valence-corrected chi connectivity index (χ2v) is 21.9. The van der Waals surface area contributed by atoms with Crippen molar-refractivity contribution < 1.29 is 0 Å². The van der Waals surface area contributed by atoms with Gasteiger partial charge in [-0.1, -0.05) is 235 Å². The summed E-state index contributed by atoms with van der Waals surface area (Å²) in [6, 6.07) is 85.2. The maximum atomic E-state index is 3.76. The fraction of sp³-hybridized carbons (Fsp3) is 0.0323. The van der Waals surface area contributed by atoms with Gasteiger partial charge in [-0.2, -0.15) is 0 Å². The summed E-state index contributed by atoms with van der Waals surface area (Å²) in [7, 11) is -2.55. The smallest absolute Gasteiger partial charge is 0.0350 e. The van der Waals surface area contributed by atoms with E-state index < -0.39 is 23.8 Å². The minimum atomic E-state index is -0.853. The summed E-state index contributed by atoms with van der Waals surface area (Å²) in [4.78, 5) is 0. The van der Waals surface area contributed by atoms with E-state index in [-0.39, 0.29) is 11.8 Å². The molecule has 0 saturated heterocycles. The molecule has 65 heavy (non-hydrogen) atoms. The van der Waals surface area contributed by atoms with Gasteiger partial charge in [-0.15, -0.1) is 0 Å². The zero-order valence-electron chi connectivity index (χ0n) is 35.5. The molecule has 3 aliphatic carbocycles. The van der Waals surface area contributed by atoms with E-state index in [1.165, 1.54) is 65.2 Å². The molecule has 2 bridgehead atoms. The minimum absolute atomic E-state index is 0.0470. The Bertz CT molecular complexity index is 3060. The van der Waals surface area contributed by atoms with Gasteiger partial charge in [-0.25, -0.2) is 0 Å². The van der Waals surface area contributed by atoms with Crippen molar-refractivity contribution in [2.24, 2.45) is 0 Å². The van der Waals surface area contributed by atoms with Crippen LogP contribution in [-0.2, 0) is 0 Å². The highest BCUT2D eigenvalue weighted by Crippen LogP contribution is 2.56. The van der Waals surface area contributed by atoms with Gasteiger partial charge < -0.3 is 0 Å². The zero-order chi connectivity index (χ0) is 43.4. The van der Waals surface area contributed by atoms with Crippen LogP contribution in [0.2, 0.25) is 0 Å². The van der Waals surface area contributed by atoms with Crippen LogP contribution >= 0.6 is 23.8 Å². The molecule has 9 aromatic rings. The summed E-state index contributed by atoms with van der Waals surface area (Å²) < 4.78 is 0. The van der Waals surface area contributed by atoms with E-state index in [2.05, 4.69) is 271 Å². The lowest BCUT2D eigenvalue weighted by Crippen LogP contribution is -2.28. The van der Waals surface area contributed by atoms with Crippen molar-refractivity contribution in [1.29, 1.82) is 0 Å². The summed E-state index contributed by atoms with van der Waals surface area (Å²) in [5.41, 5.74) is 22.5. The SMILES string of the molecule is C(#CP(c1ccccc1)c1ccccc1)c1ccc2c(c1)C1c3ccc(C#CP(c4ccccc4)c4ccccc4)cc3C2c2cc(C#CP(c3ccccc3)c3ccccc3)ccc21. The summed E-state index contributed by atoms with van der Waals surface area (Å²) in [6.07, 6.45) is 0. The Kier molecular flexibility index (Phi) is 11.6. The maximum Gasteiger partial charge on any atom is 0.0350 e. The molecular weight excluding hydrogens is 838 g/mol. The van der Waals surface area contributed by atoms with Crippen molar-refractivity contribution in [3.05, 3.63) is 287 Å². The molecule has 304 valence electrons. The fourth-order valence-electron chi connectivity index (χ4n) is 9.16. The number of benzene rings is 9. The topological polar surface area (TPSA) is 0 Å². The summed E-state index contributed by atoms with van der Waals surface area (Å²) in [5, 5.41) is 7.57. The van der Waals surface area contributed by atoms with Crippen LogP contribution in [0.1, 0.15) is 61.9 Å². The normalized spacial score (nSPS) is 13.9. The molecule has 0 fully saturated rings. The van der Waals surface area contributed by atoms with Gasteiger partial charge in [0.1, 0.15) is 0 Å². The Morgan fingerprint density at radius 2 is 0.446 bits per heavy atom. The van der Waals surface area contributed by atoms with E-state index in [0.717, 1.165) is 16.7 Å². The molecule has 0 aliphatic heterocycles. The first-order valence-electron chi connectivity index (χ1n) is 21.9. The van der Waals surface area contributed by atoms with Crippen LogP contribution in [0, 0.1) is 34.7 Å². The van der Waals surface area contributed by atoms with Crippen molar-refractivity contribution >= 4 is 55.6 Å². The predicted octanol–water partition coefficient (Wildman–Crippen LogP) is 12.0. The van der Waals surface area contributed by atoms with Crippen LogP contribution in [0.4, 0.5) is 0 Å². The third-order valence-electron chi connectivity index (χ3n) is 12.1. The quantitative estimate of drug-likeness (QED) is 0.115. The average molecular weight is 879 g/mol. The molecular formula is C62H41P3. The second-order valence-electron chi connectivity index (χ2n) is 16.1. The van der Waals surface area contributed by atoms with Crippen molar-refractivity contribution in [1.82, 2.24) is 0 Å². The summed E-state index contributed by atoms with van der Waals surface area (Å²) in [5.74, 6) is 11.2. The average Bonchev–Trinajstić information content (AvgIpc) is 3.38. The van der Waals surface area contributed by atoms with E-state index in [1.54, 1.807) is 0 Å². The summed E-state index contributed by atoms with van der Waals surface area (Å²) in [6.45, 7) is 0. The first-order valence-corrected chi connectivity index (χ1v) is 25.9. The fourth-order valence-corrected chi connectivity index (χ4v) is 14.4. The Balaban J connectivity index is 1.01. The van der Waals surface area contributed by atoms with Crippen LogP contribution in [0.3, 0.4) is 0 Å². The lowest BCUT2D eigenvalue weighted by Gasteiger charge is -2.42. The van der Waals surface area contributed by atoms with E-state index in [1.807, 2.05) is 0 Å². The molecule has 3 heteroatoms. The van der Waals surface area contributed by atoms with Crippen molar-refractivity contribution in [3.8, 4) is 34.7 Å². The van der Waals surface area contributed by atoms with Gasteiger partial charge in [0.15, 0.2) is 0 Å². The lowest BCUT2D eigenvalue weighted by atomic mass is 9.60. The molecule has 0 amide bonds. The molecule has 0 nitrogen and oxygen atoms in total. The molecule has 0 atom stereocenters. The van der Waals surface area contributed by atoms with Gasteiger partial charge in [-0.05, 0) is 102 Å². The highest BCUT2D eigenvalue weighted by molar-refractivity contribution is 7.78. The zero-order valence-corrected chi connectivity index (χ0v) is 38.2. The van der Waals surface area contributed by atoms with Gasteiger partial charge in [0.25, 0.3) is 0 Å². The van der Waals surface area contributed by atoms with Gasteiger partial charge in [0, 0.05) is 52.3 Å².